The summed E-state index contributed by atoms with van der Waals surface area (Å²) in [6.07, 6.45) is 6.55. The molecule has 0 bridgehead atoms. The summed E-state index contributed by atoms with van der Waals surface area (Å²) in [5, 5.41) is 5.27. The van der Waals surface area contributed by atoms with E-state index in [2.05, 4.69) is 15.2 Å². The third-order valence-electron chi connectivity index (χ3n) is 5.99. The third-order valence-corrected chi connectivity index (χ3v) is 7.14. The summed E-state index contributed by atoms with van der Waals surface area (Å²) >= 11 is 18.4. The first-order valence-electron chi connectivity index (χ1n) is 10.2. The monoisotopic (exact) mass is 457 g/mol. The molecule has 0 amide bonds. The van der Waals surface area contributed by atoms with Crippen LogP contribution in [-0.4, -0.2) is 21.0 Å². The summed E-state index contributed by atoms with van der Waals surface area (Å²) in [4.78, 5) is 6.92. The van der Waals surface area contributed by atoms with E-state index in [1.165, 1.54) is 12.8 Å². The first-order valence-corrected chi connectivity index (χ1v) is 11.3. The number of furan rings is 1. The number of hydrogen-bond acceptors (Lipinski definition) is 3. The van der Waals surface area contributed by atoms with Crippen molar-refractivity contribution in [3.05, 3.63) is 76.2 Å². The smallest absolute Gasteiger partial charge is 0.170 e. The van der Waals surface area contributed by atoms with Gasteiger partial charge in [0.05, 0.1) is 21.8 Å². The molecule has 3 heterocycles. The van der Waals surface area contributed by atoms with Gasteiger partial charge in [-0.1, -0.05) is 48.2 Å². The highest BCUT2D eigenvalue weighted by Crippen LogP contribution is 2.44. The Morgan fingerprint density at radius 1 is 1.03 bits per heavy atom. The van der Waals surface area contributed by atoms with E-state index in [0.717, 1.165) is 35.0 Å². The fourth-order valence-electron chi connectivity index (χ4n) is 4.60. The topological polar surface area (TPSA) is 41.3 Å². The number of aromatic nitrogens is 1. The quantitative estimate of drug-likeness (QED) is 0.448. The SMILES string of the molecule is S=C1N[C@@H](c2ccccn2)[C@@H](c2ccc(-c3cccc(Cl)c3Cl)o2)N1C1CCCC1. The number of halogens is 2. The van der Waals surface area contributed by atoms with E-state index in [1.54, 1.807) is 6.07 Å². The highest BCUT2D eigenvalue weighted by Gasteiger charge is 2.45. The Morgan fingerprint density at radius 2 is 1.87 bits per heavy atom. The number of nitrogens with one attached hydrogen (secondary N) is 1. The number of nitrogens with zero attached hydrogens (tertiary/aromatic N) is 2. The maximum Gasteiger partial charge on any atom is 0.170 e. The van der Waals surface area contributed by atoms with Crippen LogP contribution in [0.25, 0.3) is 11.3 Å². The summed E-state index contributed by atoms with van der Waals surface area (Å²) in [6.45, 7) is 0. The molecule has 30 heavy (non-hydrogen) atoms. The molecule has 1 N–H and O–H groups in total. The maximum atomic E-state index is 6.43. The molecule has 5 rings (SSSR count). The molecule has 1 saturated carbocycles. The lowest BCUT2D eigenvalue weighted by atomic mass is 10.0. The minimum Gasteiger partial charge on any atom is -0.459 e. The van der Waals surface area contributed by atoms with Gasteiger partial charge in [0.2, 0.25) is 0 Å². The predicted octanol–water partition coefficient (Wildman–Crippen LogP) is 6.56. The van der Waals surface area contributed by atoms with Gasteiger partial charge in [0, 0.05) is 17.8 Å². The summed E-state index contributed by atoms with van der Waals surface area (Å²) in [5.74, 6) is 1.54. The zero-order valence-electron chi connectivity index (χ0n) is 16.2. The van der Waals surface area contributed by atoms with Crippen molar-refractivity contribution in [3.8, 4) is 11.3 Å². The van der Waals surface area contributed by atoms with Crippen LogP contribution < -0.4 is 5.32 Å². The predicted molar refractivity (Wildman–Crippen MR) is 124 cm³/mol. The molecule has 0 spiro atoms. The van der Waals surface area contributed by atoms with Gasteiger partial charge in [0.25, 0.3) is 0 Å². The minimum atomic E-state index is -0.0758. The second-order valence-electron chi connectivity index (χ2n) is 7.78. The lowest BCUT2D eigenvalue weighted by Gasteiger charge is -2.31. The van der Waals surface area contributed by atoms with E-state index in [1.807, 2.05) is 48.7 Å². The van der Waals surface area contributed by atoms with Crippen LogP contribution in [0.2, 0.25) is 10.0 Å². The van der Waals surface area contributed by atoms with E-state index in [-0.39, 0.29) is 12.1 Å². The van der Waals surface area contributed by atoms with Crippen LogP contribution in [-0.2, 0) is 0 Å². The highest BCUT2D eigenvalue weighted by molar-refractivity contribution is 7.80. The van der Waals surface area contributed by atoms with E-state index >= 15 is 0 Å². The van der Waals surface area contributed by atoms with Crippen molar-refractivity contribution in [1.82, 2.24) is 15.2 Å². The number of benzene rings is 1. The Kier molecular flexibility index (Phi) is 5.44. The van der Waals surface area contributed by atoms with Crippen LogP contribution in [0.1, 0.15) is 49.2 Å². The molecular weight excluding hydrogens is 437 g/mol. The first-order chi connectivity index (χ1) is 14.6. The molecule has 1 aliphatic heterocycles. The molecule has 1 aliphatic carbocycles. The van der Waals surface area contributed by atoms with Crippen molar-refractivity contribution < 1.29 is 4.42 Å². The molecule has 154 valence electrons. The molecule has 2 fully saturated rings. The van der Waals surface area contributed by atoms with Gasteiger partial charge in [-0.05, 0) is 61.5 Å². The van der Waals surface area contributed by atoms with Crippen molar-refractivity contribution in [2.75, 3.05) is 0 Å². The summed E-state index contributed by atoms with van der Waals surface area (Å²) in [7, 11) is 0. The van der Waals surface area contributed by atoms with Gasteiger partial charge in [0.15, 0.2) is 5.11 Å². The van der Waals surface area contributed by atoms with Crippen molar-refractivity contribution in [2.45, 2.75) is 43.8 Å². The lowest BCUT2D eigenvalue weighted by molar-refractivity contribution is 0.218. The second-order valence-corrected chi connectivity index (χ2v) is 8.95. The molecule has 4 nitrogen and oxygen atoms in total. The first kappa shape index (κ1) is 19.9. The molecule has 2 atom stereocenters. The van der Waals surface area contributed by atoms with Crippen LogP contribution in [0.4, 0.5) is 0 Å². The Hall–Kier alpha value is -2.08. The van der Waals surface area contributed by atoms with Gasteiger partial charge in [-0.2, -0.15) is 0 Å². The zero-order chi connectivity index (χ0) is 20.7. The van der Waals surface area contributed by atoms with Crippen molar-refractivity contribution in [1.29, 1.82) is 0 Å². The van der Waals surface area contributed by atoms with E-state index in [4.69, 9.17) is 39.8 Å². The second kappa shape index (κ2) is 8.22. The summed E-state index contributed by atoms with van der Waals surface area (Å²) in [6, 6.07) is 15.8. The zero-order valence-corrected chi connectivity index (χ0v) is 18.6. The minimum absolute atomic E-state index is 0.0674. The Bertz CT molecular complexity index is 1070. The van der Waals surface area contributed by atoms with Crippen LogP contribution in [0.5, 0.6) is 0 Å². The molecule has 1 saturated heterocycles. The fraction of sp³-hybridized carbons (Fsp3) is 0.304. The third kappa shape index (κ3) is 3.49. The number of thiocarbonyl (C=S) groups is 1. The average Bonchev–Trinajstić information content (AvgIpc) is 3.50. The molecule has 2 aromatic heterocycles. The average molecular weight is 458 g/mol. The maximum absolute atomic E-state index is 6.43. The lowest BCUT2D eigenvalue weighted by Crippen LogP contribution is -2.37. The van der Waals surface area contributed by atoms with Crippen molar-refractivity contribution >= 4 is 40.5 Å². The van der Waals surface area contributed by atoms with Gasteiger partial charge in [0.1, 0.15) is 17.6 Å². The van der Waals surface area contributed by atoms with E-state index in [0.29, 0.717) is 21.8 Å². The van der Waals surface area contributed by atoms with Gasteiger partial charge >= 0.3 is 0 Å². The fourth-order valence-corrected chi connectivity index (χ4v) is 5.38. The van der Waals surface area contributed by atoms with Gasteiger partial charge in [-0.15, -0.1) is 0 Å². The molecule has 7 heteroatoms. The summed E-state index contributed by atoms with van der Waals surface area (Å²) < 4.78 is 6.37. The Balaban J connectivity index is 1.57. The van der Waals surface area contributed by atoms with Crippen LogP contribution in [0, 0.1) is 0 Å². The van der Waals surface area contributed by atoms with Crippen LogP contribution in [0.3, 0.4) is 0 Å². The van der Waals surface area contributed by atoms with Crippen LogP contribution in [0.15, 0.2) is 59.1 Å². The van der Waals surface area contributed by atoms with Gasteiger partial charge in [-0.3, -0.25) is 4.98 Å². The largest absolute Gasteiger partial charge is 0.459 e. The Morgan fingerprint density at radius 3 is 2.63 bits per heavy atom. The van der Waals surface area contributed by atoms with Gasteiger partial charge < -0.3 is 14.6 Å². The molecular formula is C23H21Cl2N3OS. The molecule has 0 unspecified atom stereocenters. The molecule has 0 radical (unpaired) electrons. The van der Waals surface area contributed by atoms with Crippen molar-refractivity contribution in [3.63, 3.8) is 0 Å². The molecule has 3 aromatic rings. The van der Waals surface area contributed by atoms with Crippen molar-refractivity contribution in [2.24, 2.45) is 0 Å². The van der Waals surface area contributed by atoms with Crippen LogP contribution >= 0.6 is 35.4 Å². The molecule has 1 aromatic carbocycles. The van der Waals surface area contributed by atoms with Gasteiger partial charge in [-0.25, -0.2) is 0 Å². The number of pyridine rings is 1. The van der Waals surface area contributed by atoms with E-state index in [9.17, 15) is 0 Å². The Labute approximate surface area is 191 Å². The standard InChI is InChI=1S/C23H21Cl2N3OS/c24-16-9-5-8-15(20(16)25)18-11-12-19(29-18)22-21(17-10-3-4-13-26-17)27-23(30)28(22)14-6-1-2-7-14/h3-5,8-14,21-22H,1-2,6-7H2,(H,27,30)/t21-,22+/m0/s1. The summed E-state index contributed by atoms with van der Waals surface area (Å²) in [5.41, 5.74) is 1.73. The normalized spacial score (nSPS) is 21.9. The molecule has 2 aliphatic rings. The number of rotatable bonds is 4. The number of hydrogen-bond donors (Lipinski definition) is 1. The highest BCUT2D eigenvalue weighted by atomic mass is 35.5. The van der Waals surface area contributed by atoms with E-state index < -0.39 is 0 Å².